The Labute approximate surface area is 145 Å². The molecule has 0 aromatic heterocycles. The normalized spacial score (nSPS) is 10.9. The molecule has 120 valence electrons. The highest BCUT2D eigenvalue weighted by atomic mass is 35.5. The minimum atomic E-state index is -0.221. The van der Waals surface area contributed by atoms with Gasteiger partial charge < -0.3 is 5.32 Å². The van der Waals surface area contributed by atoms with Gasteiger partial charge in [-0.3, -0.25) is 4.79 Å². The summed E-state index contributed by atoms with van der Waals surface area (Å²) in [5.41, 5.74) is 4.24. The second kappa shape index (κ2) is 7.62. The number of amides is 1. The maximum absolute atomic E-state index is 11.9. The van der Waals surface area contributed by atoms with E-state index < -0.39 is 0 Å². The number of carbonyl (C=O) groups excluding carboxylic acids is 1. The molecule has 0 saturated heterocycles. The van der Waals surface area contributed by atoms with Gasteiger partial charge >= 0.3 is 0 Å². The Morgan fingerprint density at radius 3 is 2.71 bits per heavy atom. The van der Waals surface area contributed by atoms with Crippen molar-refractivity contribution in [1.82, 2.24) is 5.43 Å². The van der Waals surface area contributed by atoms with Gasteiger partial charge in [-0.05, 0) is 29.1 Å². The van der Waals surface area contributed by atoms with Crippen molar-refractivity contribution in [2.75, 3.05) is 11.9 Å². The summed E-state index contributed by atoms with van der Waals surface area (Å²) in [5.74, 6) is -0.221. The smallest absolute Gasteiger partial charge is 0.259 e. The molecule has 3 aromatic carbocycles. The Balaban J connectivity index is 1.57. The molecule has 0 atom stereocenters. The highest BCUT2D eigenvalue weighted by Crippen LogP contribution is 2.22. The van der Waals surface area contributed by atoms with Gasteiger partial charge in [-0.2, -0.15) is 5.10 Å². The molecule has 0 radical (unpaired) electrons. The number of fused-ring (bicyclic) bond motifs is 1. The van der Waals surface area contributed by atoms with Crippen LogP contribution in [0.15, 0.2) is 71.8 Å². The SMILES string of the molecule is O=C(CNc1cccc2ccccc12)N/N=C\c1cccc(Cl)c1. The van der Waals surface area contributed by atoms with Crippen LogP contribution < -0.4 is 10.7 Å². The lowest BCUT2D eigenvalue weighted by atomic mass is 10.1. The summed E-state index contributed by atoms with van der Waals surface area (Å²) < 4.78 is 0. The van der Waals surface area contributed by atoms with Crippen molar-refractivity contribution in [2.24, 2.45) is 5.10 Å². The molecule has 0 unspecified atom stereocenters. The lowest BCUT2D eigenvalue weighted by Gasteiger charge is -2.08. The largest absolute Gasteiger partial charge is 0.376 e. The van der Waals surface area contributed by atoms with Crippen molar-refractivity contribution >= 4 is 40.2 Å². The Morgan fingerprint density at radius 2 is 1.83 bits per heavy atom. The molecule has 3 rings (SSSR count). The molecule has 0 spiro atoms. The van der Waals surface area contributed by atoms with Gasteiger partial charge in [-0.1, -0.05) is 60.1 Å². The number of hydrogen-bond donors (Lipinski definition) is 2. The molecule has 0 bridgehead atoms. The van der Waals surface area contributed by atoms with E-state index in [9.17, 15) is 4.79 Å². The summed E-state index contributed by atoms with van der Waals surface area (Å²) in [7, 11) is 0. The molecule has 5 heteroatoms. The highest BCUT2D eigenvalue weighted by molar-refractivity contribution is 6.30. The molecule has 1 amide bonds. The fourth-order valence-electron chi connectivity index (χ4n) is 2.36. The Hall–Kier alpha value is -2.85. The van der Waals surface area contributed by atoms with Crippen LogP contribution in [-0.4, -0.2) is 18.7 Å². The fourth-order valence-corrected chi connectivity index (χ4v) is 2.56. The van der Waals surface area contributed by atoms with Gasteiger partial charge in [0, 0.05) is 16.1 Å². The van der Waals surface area contributed by atoms with Crippen LogP contribution in [0.5, 0.6) is 0 Å². The zero-order valence-electron chi connectivity index (χ0n) is 12.9. The van der Waals surface area contributed by atoms with E-state index in [1.165, 1.54) is 0 Å². The highest BCUT2D eigenvalue weighted by Gasteiger charge is 2.03. The fraction of sp³-hybridized carbons (Fsp3) is 0.0526. The number of nitrogens with zero attached hydrogens (tertiary/aromatic N) is 1. The molecule has 0 saturated carbocycles. The molecule has 3 aromatic rings. The zero-order valence-corrected chi connectivity index (χ0v) is 13.6. The third-order valence-electron chi connectivity index (χ3n) is 3.48. The van der Waals surface area contributed by atoms with Crippen LogP contribution in [0.2, 0.25) is 5.02 Å². The van der Waals surface area contributed by atoms with Crippen LogP contribution in [0.25, 0.3) is 10.8 Å². The first-order valence-corrected chi connectivity index (χ1v) is 7.89. The summed E-state index contributed by atoms with van der Waals surface area (Å²) in [6, 6.07) is 21.2. The minimum Gasteiger partial charge on any atom is -0.376 e. The summed E-state index contributed by atoms with van der Waals surface area (Å²) in [6.07, 6.45) is 1.56. The lowest BCUT2D eigenvalue weighted by Crippen LogP contribution is -2.25. The van der Waals surface area contributed by atoms with Gasteiger partial charge in [0.1, 0.15) is 0 Å². The van der Waals surface area contributed by atoms with Crippen molar-refractivity contribution in [3.63, 3.8) is 0 Å². The van der Waals surface area contributed by atoms with E-state index in [2.05, 4.69) is 15.8 Å². The number of halogens is 1. The summed E-state index contributed by atoms with van der Waals surface area (Å²) in [5, 5.41) is 9.91. The average Bonchev–Trinajstić information content (AvgIpc) is 2.60. The molecule has 0 aliphatic carbocycles. The van der Waals surface area contributed by atoms with E-state index >= 15 is 0 Å². The predicted octanol–water partition coefficient (Wildman–Crippen LogP) is 4.06. The average molecular weight is 338 g/mol. The maximum Gasteiger partial charge on any atom is 0.259 e. The van der Waals surface area contributed by atoms with Gasteiger partial charge in [0.05, 0.1) is 12.8 Å². The van der Waals surface area contributed by atoms with Crippen LogP contribution in [-0.2, 0) is 4.79 Å². The van der Waals surface area contributed by atoms with Crippen LogP contribution >= 0.6 is 11.6 Å². The Bertz CT molecular complexity index is 887. The molecular weight excluding hydrogens is 322 g/mol. The number of hydrazone groups is 1. The Morgan fingerprint density at radius 1 is 1.04 bits per heavy atom. The summed E-state index contributed by atoms with van der Waals surface area (Å²) in [4.78, 5) is 11.9. The molecular formula is C19H16ClN3O. The number of hydrogen-bond acceptors (Lipinski definition) is 3. The van der Waals surface area contributed by atoms with Crippen LogP contribution in [0.4, 0.5) is 5.69 Å². The quantitative estimate of drug-likeness (QED) is 0.545. The number of anilines is 1. The molecule has 0 heterocycles. The Kier molecular flexibility index (Phi) is 5.08. The third kappa shape index (κ3) is 4.12. The number of carbonyl (C=O) groups is 1. The first kappa shape index (κ1) is 16.0. The maximum atomic E-state index is 11.9. The molecule has 0 fully saturated rings. The minimum absolute atomic E-state index is 0.140. The molecule has 4 nitrogen and oxygen atoms in total. The standard InChI is InChI=1S/C19H16ClN3O/c20-16-8-3-5-14(11-16)12-22-23-19(24)13-21-18-10-4-7-15-6-1-2-9-17(15)18/h1-12,21H,13H2,(H,23,24)/b22-12-. The van der Waals surface area contributed by atoms with Crippen LogP contribution in [0.1, 0.15) is 5.56 Å². The van der Waals surface area contributed by atoms with E-state index in [-0.39, 0.29) is 12.5 Å². The zero-order chi connectivity index (χ0) is 16.8. The van der Waals surface area contributed by atoms with Crippen molar-refractivity contribution in [3.8, 4) is 0 Å². The molecule has 2 N–H and O–H groups in total. The van der Waals surface area contributed by atoms with E-state index in [4.69, 9.17) is 11.6 Å². The van der Waals surface area contributed by atoms with Crippen molar-refractivity contribution in [3.05, 3.63) is 77.3 Å². The summed E-state index contributed by atoms with van der Waals surface area (Å²) >= 11 is 5.89. The van der Waals surface area contributed by atoms with Crippen LogP contribution in [0.3, 0.4) is 0 Å². The third-order valence-corrected chi connectivity index (χ3v) is 3.72. The van der Waals surface area contributed by atoms with Crippen molar-refractivity contribution in [1.29, 1.82) is 0 Å². The van der Waals surface area contributed by atoms with Crippen molar-refractivity contribution in [2.45, 2.75) is 0 Å². The molecule has 0 aliphatic rings. The summed E-state index contributed by atoms with van der Waals surface area (Å²) in [6.45, 7) is 0.140. The first-order valence-electron chi connectivity index (χ1n) is 7.51. The monoisotopic (exact) mass is 337 g/mol. The number of rotatable bonds is 5. The number of nitrogens with one attached hydrogen (secondary N) is 2. The molecule has 0 aliphatic heterocycles. The topological polar surface area (TPSA) is 53.5 Å². The van der Waals surface area contributed by atoms with Gasteiger partial charge in [0.15, 0.2) is 0 Å². The molecule has 24 heavy (non-hydrogen) atoms. The van der Waals surface area contributed by atoms with E-state index in [1.807, 2.05) is 54.6 Å². The van der Waals surface area contributed by atoms with Gasteiger partial charge in [-0.25, -0.2) is 5.43 Å². The van der Waals surface area contributed by atoms with E-state index in [0.717, 1.165) is 22.0 Å². The van der Waals surface area contributed by atoms with E-state index in [0.29, 0.717) is 5.02 Å². The van der Waals surface area contributed by atoms with Gasteiger partial charge in [0.25, 0.3) is 5.91 Å². The number of benzene rings is 3. The predicted molar refractivity (Wildman–Crippen MR) is 99.6 cm³/mol. The van der Waals surface area contributed by atoms with Gasteiger partial charge in [0.2, 0.25) is 0 Å². The second-order valence-corrected chi connectivity index (χ2v) is 5.66. The van der Waals surface area contributed by atoms with Gasteiger partial charge in [-0.15, -0.1) is 0 Å². The first-order chi connectivity index (χ1) is 11.7. The van der Waals surface area contributed by atoms with E-state index in [1.54, 1.807) is 18.3 Å². The lowest BCUT2D eigenvalue weighted by molar-refractivity contribution is -0.119. The second-order valence-electron chi connectivity index (χ2n) is 5.23. The van der Waals surface area contributed by atoms with Crippen molar-refractivity contribution < 1.29 is 4.79 Å². The van der Waals surface area contributed by atoms with Crippen LogP contribution in [0, 0.1) is 0 Å².